The third-order valence-corrected chi connectivity index (χ3v) is 2.62. The number of anilines is 1. The summed E-state index contributed by atoms with van der Waals surface area (Å²) in [7, 11) is 3.29. The van der Waals surface area contributed by atoms with Crippen LogP contribution in [-0.4, -0.2) is 44.3 Å². The number of aromatic amines is 1. The summed E-state index contributed by atoms with van der Waals surface area (Å²) in [5.74, 6) is 0.880. The Balaban J connectivity index is 2.31. The van der Waals surface area contributed by atoms with Crippen LogP contribution in [0.5, 0.6) is 5.88 Å². The Kier molecular flexibility index (Phi) is 2.67. The molecule has 96 valence electrons. The van der Waals surface area contributed by atoms with Gasteiger partial charge in [0.25, 0.3) is 0 Å². The largest absolute Gasteiger partial charge is 0.479 e. The van der Waals surface area contributed by atoms with E-state index in [0.29, 0.717) is 28.9 Å². The molecule has 3 aromatic rings. The third-order valence-electron chi connectivity index (χ3n) is 2.62. The monoisotopic (exact) mass is 257 g/mol. The molecule has 0 aliphatic heterocycles. The first-order chi connectivity index (χ1) is 9.33. The maximum Gasteiger partial charge on any atom is 0.241 e. The van der Waals surface area contributed by atoms with E-state index in [1.54, 1.807) is 32.7 Å². The van der Waals surface area contributed by atoms with Crippen molar-refractivity contribution in [2.45, 2.75) is 0 Å². The van der Waals surface area contributed by atoms with Gasteiger partial charge in [-0.3, -0.25) is 5.10 Å². The fraction of sp³-hybridized carbons (Fsp3) is 0.182. The van der Waals surface area contributed by atoms with E-state index in [1.165, 1.54) is 0 Å². The van der Waals surface area contributed by atoms with Crippen molar-refractivity contribution in [1.82, 2.24) is 30.1 Å². The number of hydrogen-bond acceptors (Lipinski definition) is 7. The zero-order valence-electron chi connectivity index (χ0n) is 10.4. The molecule has 3 heterocycles. The minimum absolute atomic E-state index is 0.408. The van der Waals surface area contributed by atoms with E-state index in [1.807, 2.05) is 0 Å². The van der Waals surface area contributed by atoms with Crippen molar-refractivity contribution in [1.29, 1.82) is 0 Å². The smallest absolute Gasteiger partial charge is 0.241 e. The number of rotatable bonds is 3. The molecule has 8 nitrogen and oxygen atoms in total. The Morgan fingerprint density at radius 3 is 2.79 bits per heavy atom. The zero-order valence-corrected chi connectivity index (χ0v) is 10.4. The van der Waals surface area contributed by atoms with Crippen molar-refractivity contribution in [2.24, 2.45) is 0 Å². The van der Waals surface area contributed by atoms with Crippen LogP contribution in [0.25, 0.3) is 22.4 Å². The van der Waals surface area contributed by atoms with Gasteiger partial charge in [-0.15, -0.1) is 0 Å². The van der Waals surface area contributed by atoms with E-state index in [-0.39, 0.29) is 0 Å². The lowest BCUT2D eigenvalue weighted by Gasteiger charge is -2.07. The summed E-state index contributed by atoms with van der Waals surface area (Å²) < 4.78 is 5.21. The van der Waals surface area contributed by atoms with Gasteiger partial charge in [0, 0.05) is 19.4 Å². The molecule has 2 N–H and O–H groups in total. The van der Waals surface area contributed by atoms with Gasteiger partial charge in [-0.1, -0.05) is 0 Å². The van der Waals surface area contributed by atoms with Gasteiger partial charge in [0.2, 0.25) is 11.8 Å². The Morgan fingerprint density at radius 2 is 2.00 bits per heavy atom. The molecule has 0 bridgehead atoms. The van der Waals surface area contributed by atoms with Crippen molar-refractivity contribution in [2.75, 3.05) is 19.5 Å². The Bertz CT molecular complexity index is 724. The summed E-state index contributed by atoms with van der Waals surface area (Å²) in [6.45, 7) is 0. The molecule has 0 fully saturated rings. The molecule has 0 unspecified atom stereocenters. The van der Waals surface area contributed by atoms with Crippen LogP contribution in [0.1, 0.15) is 0 Å². The van der Waals surface area contributed by atoms with Gasteiger partial charge in [0.05, 0.1) is 18.7 Å². The second-order valence-corrected chi connectivity index (χ2v) is 3.69. The summed E-state index contributed by atoms with van der Waals surface area (Å²) in [4.78, 5) is 17.1. The predicted molar refractivity (Wildman–Crippen MR) is 68.8 cm³/mol. The third kappa shape index (κ3) is 1.82. The molecule has 0 atom stereocenters. The molecule has 8 heteroatoms. The summed E-state index contributed by atoms with van der Waals surface area (Å²) in [5, 5.41) is 10.4. The Hall–Kier alpha value is -2.77. The number of ether oxygens (including phenoxy) is 1. The standard InChI is InChI=1S/C11H11N7O/c1-12-11-16-7(6-5-15-18-9(6)17-11)8-10(19-2)14-4-3-13-8/h3-5H,1-2H3,(H2,12,15,16,17,18). The van der Waals surface area contributed by atoms with Crippen LogP contribution in [0, 0.1) is 0 Å². The number of nitrogens with one attached hydrogen (secondary N) is 2. The highest BCUT2D eigenvalue weighted by Crippen LogP contribution is 2.29. The second-order valence-electron chi connectivity index (χ2n) is 3.69. The highest BCUT2D eigenvalue weighted by molar-refractivity contribution is 5.90. The zero-order chi connectivity index (χ0) is 13.2. The summed E-state index contributed by atoms with van der Waals surface area (Å²) >= 11 is 0. The molecule has 0 saturated heterocycles. The molecular formula is C11H11N7O. The predicted octanol–water partition coefficient (Wildman–Crippen LogP) is 0.860. The number of hydrogen-bond donors (Lipinski definition) is 2. The lowest BCUT2D eigenvalue weighted by atomic mass is 10.2. The molecule has 0 amide bonds. The molecule has 3 aromatic heterocycles. The van der Waals surface area contributed by atoms with Crippen LogP contribution < -0.4 is 10.1 Å². The van der Waals surface area contributed by atoms with Gasteiger partial charge < -0.3 is 10.1 Å². The SMILES string of the molecule is CNc1nc(-c2nccnc2OC)c2cn[nH]c2n1. The van der Waals surface area contributed by atoms with Gasteiger partial charge in [-0.05, 0) is 0 Å². The van der Waals surface area contributed by atoms with E-state index < -0.39 is 0 Å². The van der Waals surface area contributed by atoms with Crippen LogP contribution in [0.3, 0.4) is 0 Å². The van der Waals surface area contributed by atoms with Crippen molar-refractivity contribution in [3.8, 4) is 17.3 Å². The Morgan fingerprint density at radius 1 is 1.16 bits per heavy atom. The quantitative estimate of drug-likeness (QED) is 0.717. The topological polar surface area (TPSA) is 102 Å². The van der Waals surface area contributed by atoms with Crippen LogP contribution in [0.15, 0.2) is 18.6 Å². The fourth-order valence-electron chi connectivity index (χ4n) is 1.76. The number of aromatic nitrogens is 6. The maximum absolute atomic E-state index is 5.21. The first-order valence-electron chi connectivity index (χ1n) is 5.57. The van der Waals surface area contributed by atoms with Crippen LogP contribution in [0.4, 0.5) is 5.95 Å². The molecule has 3 rings (SSSR count). The summed E-state index contributed by atoms with van der Waals surface area (Å²) in [6, 6.07) is 0. The van der Waals surface area contributed by atoms with Gasteiger partial charge in [-0.25, -0.2) is 15.0 Å². The molecule has 0 aliphatic rings. The van der Waals surface area contributed by atoms with Crippen LogP contribution in [0.2, 0.25) is 0 Å². The van der Waals surface area contributed by atoms with Crippen molar-refractivity contribution < 1.29 is 4.74 Å². The number of fused-ring (bicyclic) bond motifs is 1. The van der Waals surface area contributed by atoms with Crippen LogP contribution >= 0.6 is 0 Å². The molecule has 0 aromatic carbocycles. The number of methoxy groups -OCH3 is 1. The summed E-state index contributed by atoms with van der Waals surface area (Å²) in [5.41, 5.74) is 1.80. The van der Waals surface area contributed by atoms with Crippen molar-refractivity contribution >= 4 is 17.0 Å². The van der Waals surface area contributed by atoms with Gasteiger partial charge in [-0.2, -0.15) is 10.1 Å². The molecule has 0 saturated carbocycles. The van der Waals surface area contributed by atoms with Gasteiger partial charge >= 0.3 is 0 Å². The average Bonchev–Trinajstić information content (AvgIpc) is 2.94. The van der Waals surface area contributed by atoms with Crippen molar-refractivity contribution in [3.05, 3.63) is 18.6 Å². The normalized spacial score (nSPS) is 10.6. The van der Waals surface area contributed by atoms with E-state index in [4.69, 9.17) is 4.74 Å². The molecular weight excluding hydrogens is 246 g/mol. The molecule has 0 radical (unpaired) electrons. The number of nitrogens with zero attached hydrogens (tertiary/aromatic N) is 5. The first kappa shape index (κ1) is 11.3. The fourth-order valence-corrected chi connectivity index (χ4v) is 1.76. The molecule has 19 heavy (non-hydrogen) atoms. The molecule has 0 spiro atoms. The van der Waals surface area contributed by atoms with Gasteiger partial charge in [0.1, 0.15) is 5.69 Å². The van der Waals surface area contributed by atoms with E-state index in [9.17, 15) is 0 Å². The van der Waals surface area contributed by atoms with Crippen LogP contribution in [-0.2, 0) is 0 Å². The van der Waals surface area contributed by atoms with Crippen molar-refractivity contribution in [3.63, 3.8) is 0 Å². The lowest BCUT2D eigenvalue weighted by Crippen LogP contribution is -2.01. The highest BCUT2D eigenvalue weighted by Gasteiger charge is 2.16. The molecule has 0 aliphatic carbocycles. The second kappa shape index (κ2) is 4.48. The van der Waals surface area contributed by atoms with Gasteiger partial charge in [0.15, 0.2) is 11.3 Å². The Labute approximate surface area is 108 Å². The minimum atomic E-state index is 0.408. The average molecular weight is 257 g/mol. The maximum atomic E-state index is 5.21. The first-order valence-corrected chi connectivity index (χ1v) is 5.57. The lowest BCUT2D eigenvalue weighted by molar-refractivity contribution is 0.397. The minimum Gasteiger partial charge on any atom is -0.479 e. The van der Waals surface area contributed by atoms with E-state index in [0.717, 1.165) is 5.39 Å². The number of H-pyrrole nitrogens is 1. The summed E-state index contributed by atoms with van der Waals surface area (Å²) in [6.07, 6.45) is 4.80. The highest BCUT2D eigenvalue weighted by atomic mass is 16.5. The van der Waals surface area contributed by atoms with E-state index >= 15 is 0 Å². The van der Waals surface area contributed by atoms with E-state index in [2.05, 4.69) is 35.5 Å².